The first-order chi connectivity index (χ1) is 10.1. The molecule has 122 valence electrons. The second kappa shape index (κ2) is 7.20. The maximum Gasteiger partial charge on any atom is 0.253 e. The Morgan fingerprint density at radius 2 is 1.82 bits per heavy atom. The highest BCUT2D eigenvalue weighted by Crippen LogP contribution is 2.39. The van der Waals surface area contributed by atoms with E-state index in [2.05, 4.69) is 5.32 Å². The monoisotopic (exact) mass is 342 g/mol. The summed E-state index contributed by atoms with van der Waals surface area (Å²) < 4.78 is 0. The number of nitrogens with one attached hydrogen (secondary N) is 1. The average molecular weight is 343 g/mol. The molecule has 3 nitrogen and oxygen atoms in total. The lowest BCUT2D eigenvalue weighted by molar-refractivity contribution is 0.0495. The summed E-state index contributed by atoms with van der Waals surface area (Å²) in [5.74, 6) is 0.126. The van der Waals surface area contributed by atoms with E-state index in [1.165, 1.54) is 12.8 Å². The lowest BCUT2D eigenvalue weighted by Gasteiger charge is -2.44. The van der Waals surface area contributed by atoms with Crippen molar-refractivity contribution in [1.82, 2.24) is 10.2 Å². The third kappa shape index (κ3) is 3.58. The number of likely N-dealkylation sites (tertiary alicyclic amines) is 1. The van der Waals surface area contributed by atoms with Crippen molar-refractivity contribution in [2.75, 3.05) is 26.2 Å². The molecule has 2 aliphatic rings. The number of amides is 1. The Morgan fingerprint density at radius 1 is 1.18 bits per heavy atom. The number of aryl methyl sites for hydroxylation is 1. The Labute approximate surface area is 143 Å². The molecular formula is C17H24Cl2N2O. The summed E-state index contributed by atoms with van der Waals surface area (Å²) in [6.45, 7) is 5.97. The van der Waals surface area contributed by atoms with Gasteiger partial charge in [0.25, 0.3) is 5.91 Å². The highest BCUT2D eigenvalue weighted by Gasteiger charge is 2.36. The van der Waals surface area contributed by atoms with E-state index in [0.717, 1.165) is 44.6 Å². The molecule has 2 aliphatic heterocycles. The van der Waals surface area contributed by atoms with Crippen LogP contribution in [0.2, 0.25) is 5.02 Å². The van der Waals surface area contributed by atoms with Crippen molar-refractivity contribution >= 4 is 29.9 Å². The van der Waals surface area contributed by atoms with Crippen LogP contribution >= 0.6 is 24.0 Å². The molecule has 1 N–H and O–H groups in total. The Balaban J connectivity index is 0.00000176. The van der Waals surface area contributed by atoms with Crippen molar-refractivity contribution in [2.45, 2.75) is 32.6 Å². The largest absolute Gasteiger partial charge is 0.339 e. The fourth-order valence-electron chi connectivity index (χ4n) is 3.55. The molecule has 2 saturated heterocycles. The van der Waals surface area contributed by atoms with Gasteiger partial charge in [0.2, 0.25) is 0 Å². The molecule has 5 heteroatoms. The first-order valence-corrected chi connectivity index (χ1v) is 8.24. The van der Waals surface area contributed by atoms with Gasteiger partial charge in [0.05, 0.1) is 0 Å². The molecule has 0 radical (unpaired) electrons. The molecule has 3 rings (SSSR count). The molecule has 2 fully saturated rings. The van der Waals surface area contributed by atoms with Crippen molar-refractivity contribution in [2.24, 2.45) is 5.41 Å². The zero-order chi connectivity index (χ0) is 14.9. The summed E-state index contributed by atoms with van der Waals surface area (Å²) >= 11 is 6.14. The van der Waals surface area contributed by atoms with E-state index in [9.17, 15) is 4.79 Å². The normalized spacial score (nSPS) is 20.5. The molecule has 1 amide bonds. The van der Waals surface area contributed by atoms with Crippen LogP contribution in [-0.2, 0) is 0 Å². The molecular weight excluding hydrogens is 319 g/mol. The van der Waals surface area contributed by atoms with E-state index in [1.54, 1.807) is 6.07 Å². The zero-order valence-electron chi connectivity index (χ0n) is 13.0. The van der Waals surface area contributed by atoms with Crippen molar-refractivity contribution in [1.29, 1.82) is 0 Å². The molecule has 1 spiro atoms. The highest BCUT2D eigenvalue weighted by molar-refractivity contribution is 6.31. The number of hydrogen-bond acceptors (Lipinski definition) is 2. The summed E-state index contributed by atoms with van der Waals surface area (Å²) in [5, 5.41) is 4.11. The van der Waals surface area contributed by atoms with Crippen LogP contribution < -0.4 is 5.32 Å². The second-order valence-electron chi connectivity index (χ2n) is 6.51. The van der Waals surface area contributed by atoms with Crippen LogP contribution in [0, 0.1) is 12.3 Å². The maximum absolute atomic E-state index is 12.6. The van der Waals surface area contributed by atoms with Gasteiger partial charge in [0.15, 0.2) is 0 Å². The van der Waals surface area contributed by atoms with Crippen molar-refractivity contribution in [3.05, 3.63) is 34.3 Å². The smallest absolute Gasteiger partial charge is 0.253 e. The van der Waals surface area contributed by atoms with Gasteiger partial charge in [-0.3, -0.25) is 4.79 Å². The topological polar surface area (TPSA) is 32.3 Å². The SMILES string of the molecule is Cc1ccc(C(=O)N2CCC3(CCNCC3)CC2)cc1Cl.Cl. The van der Waals surface area contributed by atoms with E-state index in [4.69, 9.17) is 11.6 Å². The summed E-state index contributed by atoms with van der Waals surface area (Å²) in [6.07, 6.45) is 4.79. The Kier molecular flexibility index (Phi) is 5.76. The standard InChI is InChI=1S/C17H23ClN2O.ClH/c1-13-2-3-14(12-15(13)18)16(21)20-10-6-17(7-11-20)4-8-19-9-5-17;/h2-3,12,19H,4-11H2,1H3;1H. The summed E-state index contributed by atoms with van der Waals surface area (Å²) in [5.41, 5.74) is 2.21. The summed E-state index contributed by atoms with van der Waals surface area (Å²) in [6, 6.07) is 5.61. The maximum atomic E-state index is 12.6. The number of halogens is 2. The molecule has 0 atom stereocenters. The molecule has 0 aliphatic carbocycles. The zero-order valence-corrected chi connectivity index (χ0v) is 14.6. The first-order valence-electron chi connectivity index (χ1n) is 7.86. The van der Waals surface area contributed by atoms with Gasteiger partial charge in [-0.15, -0.1) is 12.4 Å². The number of carbonyl (C=O) groups is 1. The van der Waals surface area contributed by atoms with Crippen LogP contribution in [0.1, 0.15) is 41.6 Å². The van der Waals surface area contributed by atoms with E-state index >= 15 is 0 Å². The molecule has 0 aromatic heterocycles. The lowest BCUT2D eigenvalue weighted by Crippen LogP contribution is -2.47. The third-order valence-corrected chi connectivity index (χ3v) is 5.60. The number of nitrogens with zero attached hydrogens (tertiary/aromatic N) is 1. The Morgan fingerprint density at radius 3 is 2.41 bits per heavy atom. The van der Waals surface area contributed by atoms with Gasteiger partial charge in [0.1, 0.15) is 0 Å². The fraction of sp³-hybridized carbons (Fsp3) is 0.588. The molecule has 0 bridgehead atoms. The lowest BCUT2D eigenvalue weighted by atomic mass is 9.71. The van der Waals surface area contributed by atoms with Gasteiger partial charge in [-0.1, -0.05) is 17.7 Å². The summed E-state index contributed by atoms with van der Waals surface area (Å²) in [4.78, 5) is 14.6. The highest BCUT2D eigenvalue weighted by atomic mass is 35.5. The molecule has 2 heterocycles. The number of benzene rings is 1. The van der Waals surface area contributed by atoms with Gasteiger partial charge in [0, 0.05) is 23.7 Å². The molecule has 22 heavy (non-hydrogen) atoms. The van der Waals surface area contributed by atoms with E-state index in [1.807, 2.05) is 24.0 Å². The quantitative estimate of drug-likeness (QED) is 0.844. The van der Waals surface area contributed by atoms with Crippen molar-refractivity contribution in [3.8, 4) is 0 Å². The van der Waals surface area contributed by atoms with Crippen LogP contribution in [0.4, 0.5) is 0 Å². The van der Waals surface area contributed by atoms with Crippen LogP contribution in [0.5, 0.6) is 0 Å². The minimum absolute atomic E-state index is 0. The van der Waals surface area contributed by atoms with Crippen molar-refractivity contribution in [3.63, 3.8) is 0 Å². The number of piperidine rings is 2. The predicted octanol–water partition coefficient (Wildman–Crippen LogP) is 3.68. The summed E-state index contributed by atoms with van der Waals surface area (Å²) in [7, 11) is 0. The van der Waals surface area contributed by atoms with Gasteiger partial charge >= 0.3 is 0 Å². The minimum Gasteiger partial charge on any atom is -0.339 e. The molecule has 0 saturated carbocycles. The van der Waals surface area contributed by atoms with Crippen LogP contribution in [0.25, 0.3) is 0 Å². The van der Waals surface area contributed by atoms with Crippen molar-refractivity contribution < 1.29 is 4.79 Å². The van der Waals surface area contributed by atoms with Crippen LogP contribution in [-0.4, -0.2) is 37.0 Å². The average Bonchev–Trinajstić information content (AvgIpc) is 2.51. The number of carbonyl (C=O) groups excluding carboxylic acids is 1. The number of hydrogen-bond donors (Lipinski definition) is 1. The molecule has 1 aromatic carbocycles. The Hall–Kier alpha value is -0.770. The van der Waals surface area contributed by atoms with Crippen LogP contribution in [0.15, 0.2) is 18.2 Å². The first kappa shape index (κ1) is 17.6. The fourth-order valence-corrected chi connectivity index (χ4v) is 3.73. The minimum atomic E-state index is 0. The molecule has 1 aromatic rings. The van der Waals surface area contributed by atoms with E-state index in [-0.39, 0.29) is 18.3 Å². The third-order valence-electron chi connectivity index (χ3n) is 5.19. The second-order valence-corrected chi connectivity index (χ2v) is 6.91. The van der Waals surface area contributed by atoms with Gasteiger partial charge in [-0.2, -0.15) is 0 Å². The van der Waals surface area contributed by atoms with Gasteiger partial charge in [-0.25, -0.2) is 0 Å². The van der Waals surface area contributed by atoms with Gasteiger partial charge < -0.3 is 10.2 Å². The van der Waals surface area contributed by atoms with E-state index in [0.29, 0.717) is 16.0 Å². The van der Waals surface area contributed by atoms with Gasteiger partial charge in [-0.05, 0) is 68.8 Å². The predicted molar refractivity (Wildman–Crippen MR) is 93.1 cm³/mol. The van der Waals surface area contributed by atoms with E-state index < -0.39 is 0 Å². The van der Waals surface area contributed by atoms with Crippen LogP contribution in [0.3, 0.4) is 0 Å². The molecule has 0 unspecified atom stereocenters. The Bertz CT molecular complexity index is 531. The number of rotatable bonds is 1.